The molecule has 1 N–H and O–H groups in total. The Labute approximate surface area is 79.6 Å². The van der Waals surface area contributed by atoms with Crippen LogP contribution in [0.2, 0.25) is 0 Å². The van der Waals surface area contributed by atoms with Crippen LogP contribution in [0.4, 0.5) is 17.6 Å². The van der Waals surface area contributed by atoms with Gasteiger partial charge < -0.3 is 10.1 Å². The molecule has 0 aromatic heterocycles. The van der Waals surface area contributed by atoms with Crippen LogP contribution >= 0.6 is 0 Å². The number of hydrogen-bond acceptors (Lipinski definition) is 2. The number of likely N-dealkylation sites (N-methyl/N-ethyl adjacent to an activating group) is 1. The molecule has 0 saturated carbocycles. The predicted octanol–water partition coefficient (Wildman–Crippen LogP) is 1.12. The van der Waals surface area contributed by atoms with E-state index in [2.05, 4.69) is 16.0 Å². The van der Waals surface area contributed by atoms with Crippen molar-refractivity contribution in [3.8, 4) is 12.3 Å². The molecule has 82 valence electrons. The van der Waals surface area contributed by atoms with Crippen LogP contribution in [-0.2, 0) is 4.74 Å². The Morgan fingerprint density at radius 1 is 1.50 bits per heavy atom. The summed E-state index contributed by atoms with van der Waals surface area (Å²) in [7, 11) is 1.51. The van der Waals surface area contributed by atoms with Gasteiger partial charge in [0.05, 0.1) is 12.6 Å². The fraction of sp³-hybridized carbons (Fsp3) is 0.750. The third-order valence-electron chi connectivity index (χ3n) is 1.45. The molecule has 0 spiro atoms. The fourth-order valence-corrected chi connectivity index (χ4v) is 0.591. The molecule has 1 unspecified atom stereocenters. The van der Waals surface area contributed by atoms with Gasteiger partial charge in [-0.1, -0.05) is 5.92 Å². The predicted molar refractivity (Wildman–Crippen MR) is 43.5 cm³/mol. The zero-order chi connectivity index (χ0) is 11.2. The standard InChI is InChI=1S/C8H11F4NO/c1-3-6(13-2)4-14-5-8(11,12)7(9)10/h1,6-7,13H,4-5H2,2H3. The van der Waals surface area contributed by atoms with E-state index >= 15 is 0 Å². The quantitative estimate of drug-likeness (QED) is 0.527. The first-order valence-corrected chi connectivity index (χ1v) is 3.81. The van der Waals surface area contributed by atoms with E-state index in [-0.39, 0.29) is 6.61 Å². The number of ether oxygens (including phenoxy) is 1. The Morgan fingerprint density at radius 2 is 2.07 bits per heavy atom. The summed E-state index contributed by atoms with van der Waals surface area (Å²) in [6, 6.07) is -0.552. The molecule has 0 aromatic carbocycles. The maximum atomic E-state index is 12.3. The highest BCUT2D eigenvalue weighted by Gasteiger charge is 2.40. The molecule has 0 aliphatic carbocycles. The maximum absolute atomic E-state index is 12.3. The Balaban J connectivity index is 3.79. The minimum absolute atomic E-state index is 0.227. The number of halogens is 4. The number of hydrogen-bond donors (Lipinski definition) is 1. The van der Waals surface area contributed by atoms with Gasteiger partial charge in [-0.2, -0.15) is 8.78 Å². The summed E-state index contributed by atoms with van der Waals surface area (Å²) in [4.78, 5) is 0. The van der Waals surface area contributed by atoms with Gasteiger partial charge in [-0.3, -0.25) is 0 Å². The minimum atomic E-state index is -4.12. The van der Waals surface area contributed by atoms with Crippen molar-refractivity contribution in [2.75, 3.05) is 20.3 Å². The molecule has 0 radical (unpaired) electrons. The van der Waals surface area contributed by atoms with Gasteiger partial charge in [-0.25, -0.2) is 8.78 Å². The highest BCUT2D eigenvalue weighted by Crippen LogP contribution is 2.22. The lowest BCUT2D eigenvalue weighted by atomic mass is 10.3. The van der Waals surface area contributed by atoms with E-state index in [1.54, 1.807) is 0 Å². The van der Waals surface area contributed by atoms with Crippen LogP contribution in [0.15, 0.2) is 0 Å². The number of terminal acetylenes is 1. The zero-order valence-corrected chi connectivity index (χ0v) is 7.57. The van der Waals surface area contributed by atoms with E-state index in [4.69, 9.17) is 6.42 Å². The van der Waals surface area contributed by atoms with Crippen LogP contribution in [-0.4, -0.2) is 38.7 Å². The summed E-state index contributed by atoms with van der Waals surface area (Å²) in [5.74, 6) is -1.92. The lowest BCUT2D eigenvalue weighted by Gasteiger charge is -2.16. The van der Waals surface area contributed by atoms with Crippen molar-refractivity contribution in [3.63, 3.8) is 0 Å². The highest BCUT2D eigenvalue weighted by molar-refractivity contribution is 4.97. The van der Waals surface area contributed by atoms with Crippen molar-refractivity contribution >= 4 is 0 Å². The first kappa shape index (κ1) is 13.2. The van der Waals surface area contributed by atoms with Crippen LogP contribution in [0.25, 0.3) is 0 Å². The summed E-state index contributed by atoms with van der Waals surface area (Å²) >= 11 is 0. The van der Waals surface area contributed by atoms with Gasteiger partial charge >= 0.3 is 12.3 Å². The summed E-state index contributed by atoms with van der Waals surface area (Å²) in [5.41, 5.74) is 0. The molecule has 0 saturated heterocycles. The van der Waals surface area contributed by atoms with Crippen molar-refractivity contribution in [1.29, 1.82) is 0 Å². The maximum Gasteiger partial charge on any atom is 0.330 e. The lowest BCUT2D eigenvalue weighted by Crippen LogP contribution is -2.36. The first-order chi connectivity index (χ1) is 6.44. The third kappa shape index (κ3) is 4.44. The average molecular weight is 213 g/mol. The van der Waals surface area contributed by atoms with E-state index in [0.717, 1.165) is 0 Å². The van der Waals surface area contributed by atoms with Gasteiger partial charge in [0.1, 0.15) is 6.61 Å². The molecular formula is C8H11F4NO. The lowest BCUT2D eigenvalue weighted by molar-refractivity contribution is -0.166. The molecule has 0 aliphatic rings. The fourth-order valence-electron chi connectivity index (χ4n) is 0.591. The van der Waals surface area contributed by atoms with Crippen molar-refractivity contribution in [1.82, 2.24) is 5.32 Å². The first-order valence-electron chi connectivity index (χ1n) is 3.81. The average Bonchev–Trinajstić information content (AvgIpc) is 2.12. The van der Waals surface area contributed by atoms with Gasteiger partial charge in [0.15, 0.2) is 0 Å². The number of nitrogens with one attached hydrogen (secondary N) is 1. The van der Waals surface area contributed by atoms with E-state index in [0.29, 0.717) is 0 Å². The van der Waals surface area contributed by atoms with E-state index < -0.39 is 25.0 Å². The second kappa shape index (κ2) is 5.83. The molecule has 2 nitrogen and oxygen atoms in total. The molecular weight excluding hydrogens is 202 g/mol. The van der Waals surface area contributed by atoms with Crippen molar-refractivity contribution in [3.05, 3.63) is 0 Å². The molecule has 14 heavy (non-hydrogen) atoms. The summed E-state index contributed by atoms with van der Waals surface area (Å²) in [5, 5.41) is 2.57. The van der Waals surface area contributed by atoms with Gasteiger partial charge in [-0.15, -0.1) is 6.42 Å². The normalized spacial score (nSPS) is 14.1. The number of rotatable bonds is 6. The van der Waals surface area contributed by atoms with Crippen LogP contribution < -0.4 is 5.32 Å². The molecule has 0 bridgehead atoms. The van der Waals surface area contributed by atoms with Crippen molar-refractivity contribution in [2.24, 2.45) is 0 Å². The van der Waals surface area contributed by atoms with Crippen LogP contribution in [0.1, 0.15) is 0 Å². The Morgan fingerprint density at radius 3 is 2.43 bits per heavy atom. The van der Waals surface area contributed by atoms with E-state index in [1.165, 1.54) is 7.05 Å². The monoisotopic (exact) mass is 213 g/mol. The summed E-state index contributed by atoms with van der Waals surface area (Å²) in [6.45, 7) is -1.56. The van der Waals surface area contributed by atoms with Gasteiger partial charge in [0, 0.05) is 0 Å². The molecule has 0 rings (SSSR count). The van der Waals surface area contributed by atoms with Gasteiger partial charge in [0.25, 0.3) is 0 Å². The largest absolute Gasteiger partial charge is 0.372 e. The molecule has 0 aliphatic heterocycles. The summed E-state index contributed by atoms with van der Waals surface area (Å²) < 4.78 is 52.1. The molecule has 1 atom stereocenters. The smallest absolute Gasteiger partial charge is 0.330 e. The molecule has 0 fully saturated rings. The zero-order valence-electron chi connectivity index (χ0n) is 7.57. The van der Waals surface area contributed by atoms with Gasteiger partial charge in [0.2, 0.25) is 0 Å². The third-order valence-corrected chi connectivity index (χ3v) is 1.45. The number of alkyl halides is 4. The Hall–Kier alpha value is -0.800. The van der Waals surface area contributed by atoms with Crippen LogP contribution in [0.5, 0.6) is 0 Å². The Bertz CT molecular complexity index is 202. The van der Waals surface area contributed by atoms with E-state index in [9.17, 15) is 17.6 Å². The molecule has 6 heteroatoms. The second-order valence-corrected chi connectivity index (χ2v) is 2.58. The van der Waals surface area contributed by atoms with Gasteiger partial charge in [-0.05, 0) is 7.05 Å². The van der Waals surface area contributed by atoms with Crippen molar-refractivity contribution in [2.45, 2.75) is 18.4 Å². The second-order valence-electron chi connectivity index (χ2n) is 2.58. The highest BCUT2D eigenvalue weighted by atomic mass is 19.3. The topological polar surface area (TPSA) is 21.3 Å². The summed E-state index contributed by atoms with van der Waals surface area (Å²) in [6.07, 6.45) is 1.24. The Kier molecular flexibility index (Phi) is 5.50. The minimum Gasteiger partial charge on any atom is -0.372 e. The molecule has 0 heterocycles. The van der Waals surface area contributed by atoms with E-state index in [1.807, 2.05) is 0 Å². The van der Waals surface area contributed by atoms with Crippen molar-refractivity contribution < 1.29 is 22.3 Å². The van der Waals surface area contributed by atoms with Crippen LogP contribution in [0.3, 0.4) is 0 Å². The molecule has 0 aromatic rings. The molecule has 0 amide bonds. The SMILES string of the molecule is C#CC(COCC(F)(F)C(F)F)NC. The van der Waals surface area contributed by atoms with Crippen LogP contribution in [0, 0.1) is 12.3 Å².